The number of rotatable bonds is 6. The molecule has 64 valence electrons. The molecule has 0 spiro atoms. The third-order valence-corrected chi connectivity index (χ3v) is 1.23. The molecule has 0 aliphatic heterocycles. The van der Waals surface area contributed by atoms with Crippen LogP contribution in [0.15, 0.2) is 12.2 Å². The van der Waals surface area contributed by atoms with Crippen molar-refractivity contribution in [3.8, 4) is 0 Å². The smallest absolute Gasteiger partial charge is 0.139 e. The molecular formula is C9H16O2. The number of ether oxygens (including phenoxy) is 1. The van der Waals surface area contributed by atoms with Crippen LogP contribution in [0.3, 0.4) is 0 Å². The minimum absolute atomic E-state index is 0.214. The first kappa shape index (κ1) is 10.4. The highest BCUT2D eigenvalue weighted by atomic mass is 16.5. The number of carbonyl (C=O) groups excluding carboxylic acids is 1. The summed E-state index contributed by atoms with van der Waals surface area (Å²) in [7, 11) is 0. The van der Waals surface area contributed by atoms with Crippen molar-refractivity contribution < 1.29 is 9.53 Å². The molecule has 2 nitrogen and oxygen atoms in total. The molecule has 0 radical (unpaired) electrons. The van der Waals surface area contributed by atoms with Gasteiger partial charge in [0.2, 0.25) is 0 Å². The van der Waals surface area contributed by atoms with Crippen molar-refractivity contribution in [2.45, 2.75) is 26.7 Å². The SMILES string of the molecule is C=C(C)CC(=O)CCOCC. The first-order chi connectivity index (χ1) is 5.16. The maximum Gasteiger partial charge on any atom is 0.139 e. The third-order valence-electron chi connectivity index (χ3n) is 1.23. The van der Waals surface area contributed by atoms with E-state index in [0.29, 0.717) is 26.1 Å². The fourth-order valence-corrected chi connectivity index (χ4v) is 0.755. The van der Waals surface area contributed by atoms with Crippen molar-refractivity contribution in [3.63, 3.8) is 0 Å². The molecule has 0 aliphatic carbocycles. The van der Waals surface area contributed by atoms with Crippen LogP contribution < -0.4 is 0 Å². The molecular weight excluding hydrogens is 140 g/mol. The molecule has 0 aromatic heterocycles. The molecule has 0 aromatic rings. The zero-order chi connectivity index (χ0) is 8.69. The van der Waals surface area contributed by atoms with Gasteiger partial charge in [-0.2, -0.15) is 0 Å². The Hall–Kier alpha value is -0.630. The highest BCUT2D eigenvalue weighted by Gasteiger charge is 2.00. The summed E-state index contributed by atoms with van der Waals surface area (Å²) in [6, 6.07) is 0. The van der Waals surface area contributed by atoms with E-state index in [-0.39, 0.29) is 5.78 Å². The monoisotopic (exact) mass is 156 g/mol. The first-order valence-electron chi connectivity index (χ1n) is 3.90. The van der Waals surface area contributed by atoms with Gasteiger partial charge in [-0.1, -0.05) is 12.2 Å². The molecule has 0 saturated carbocycles. The Morgan fingerprint density at radius 3 is 2.64 bits per heavy atom. The topological polar surface area (TPSA) is 26.3 Å². The van der Waals surface area contributed by atoms with Gasteiger partial charge >= 0.3 is 0 Å². The number of hydrogen-bond acceptors (Lipinski definition) is 2. The Bertz CT molecular complexity index is 138. The molecule has 0 rings (SSSR count). The highest BCUT2D eigenvalue weighted by Crippen LogP contribution is 1.99. The van der Waals surface area contributed by atoms with Gasteiger partial charge in [0, 0.05) is 19.4 Å². The second-order valence-electron chi connectivity index (χ2n) is 2.62. The zero-order valence-corrected chi connectivity index (χ0v) is 7.35. The van der Waals surface area contributed by atoms with E-state index in [1.165, 1.54) is 0 Å². The van der Waals surface area contributed by atoms with Gasteiger partial charge in [-0.3, -0.25) is 4.79 Å². The number of carbonyl (C=O) groups is 1. The second-order valence-corrected chi connectivity index (χ2v) is 2.62. The van der Waals surface area contributed by atoms with Crippen molar-refractivity contribution in [3.05, 3.63) is 12.2 Å². The molecule has 0 N–H and O–H groups in total. The molecule has 0 bridgehead atoms. The fourth-order valence-electron chi connectivity index (χ4n) is 0.755. The van der Waals surface area contributed by atoms with Crippen LogP contribution in [0.2, 0.25) is 0 Å². The van der Waals surface area contributed by atoms with Crippen LogP contribution in [0.5, 0.6) is 0 Å². The number of Topliss-reactive ketones (excluding diaryl/α,β-unsaturated/α-hetero) is 1. The van der Waals surface area contributed by atoms with Crippen LogP contribution in [0.1, 0.15) is 26.7 Å². The quantitative estimate of drug-likeness (QED) is 0.434. The van der Waals surface area contributed by atoms with Gasteiger partial charge in [-0.25, -0.2) is 0 Å². The van der Waals surface area contributed by atoms with Crippen molar-refractivity contribution >= 4 is 5.78 Å². The molecule has 0 atom stereocenters. The molecule has 0 amide bonds. The van der Waals surface area contributed by atoms with Gasteiger partial charge in [-0.15, -0.1) is 0 Å². The van der Waals surface area contributed by atoms with Gasteiger partial charge < -0.3 is 4.74 Å². The standard InChI is InChI=1S/C9H16O2/c1-4-11-6-5-9(10)7-8(2)3/h2,4-7H2,1,3H3. The second kappa shape index (κ2) is 6.10. The first-order valence-corrected chi connectivity index (χ1v) is 3.90. The predicted molar refractivity (Wildman–Crippen MR) is 45.5 cm³/mol. The normalized spacial score (nSPS) is 9.64. The molecule has 0 unspecified atom stereocenters. The minimum Gasteiger partial charge on any atom is -0.381 e. The van der Waals surface area contributed by atoms with Crippen molar-refractivity contribution in [2.24, 2.45) is 0 Å². The molecule has 0 saturated heterocycles. The van der Waals surface area contributed by atoms with Crippen LogP contribution in [0.25, 0.3) is 0 Å². The molecule has 2 heteroatoms. The molecule has 0 fully saturated rings. The average Bonchev–Trinajstić information content (AvgIpc) is 1.86. The zero-order valence-electron chi connectivity index (χ0n) is 7.35. The summed E-state index contributed by atoms with van der Waals surface area (Å²) in [5, 5.41) is 0. The maximum atomic E-state index is 11.0. The average molecular weight is 156 g/mol. The lowest BCUT2D eigenvalue weighted by molar-refractivity contribution is -0.119. The largest absolute Gasteiger partial charge is 0.381 e. The van der Waals surface area contributed by atoms with Crippen LogP contribution in [-0.2, 0) is 9.53 Å². The number of ketones is 1. The van der Waals surface area contributed by atoms with E-state index in [4.69, 9.17) is 4.74 Å². The lowest BCUT2D eigenvalue weighted by Crippen LogP contribution is -2.03. The molecule has 0 heterocycles. The third kappa shape index (κ3) is 7.26. The Kier molecular flexibility index (Phi) is 5.75. The summed E-state index contributed by atoms with van der Waals surface area (Å²) in [5.41, 5.74) is 0.923. The number of hydrogen-bond donors (Lipinski definition) is 0. The Morgan fingerprint density at radius 2 is 2.18 bits per heavy atom. The van der Waals surface area contributed by atoms with Gasteiger partial charge in [0.05, 0.1) is 6.61 Å². The van der Waals surface area contributed by atoms with Crippen LogP contribution in [0, 0.1) is 0 Å². The van der Waals surface area contributed by atoms with E-state index < -0.39 is 0 Å². The van der Waals surface area contributed by atoms with Crippen molar-refractivity contribution in [2.75, 3.05) is 13.2 Å². The van der Waals surface area contributed by atoms with Gasteiger partial charge in [0.25, 0.3) is 0 Å². The molecule has 0 aliphatic rings. The van der Waals surface area contributed by atoms with E-state index in [1.807, 2.05) is 13.8 Å². The summed E-state index contributed by atoms with van der Waals surface area (Å²) in [4.78, 5) is 11.0. The fraction of sp³-hybridized carbons (Fsp3) is 0.667. The van der Waals surface area contributed by atoms with Crippen LogP contribution >= 0.6 is 0 Å². The molecule has 0 aromatic carbocycles. The summed E-state index contributed by atoms with van der Waals surface area (Å²) in [6.45, 7) is 8.67. The van der Waals surface area contributed by atoms with E-state index in [1.54, 1.807) is 0 Å². The predicted octanol–water partition coefficient (Wildman–Crippen LogP) is 1.95. The number of allylic oxidation sites excluding steroid dienone is 1. The summed E-state index contributed by atoms with van der Waals surface area (Å²) < 4.78 is 5.04. The lowest BCUT2D eigenvalue weighted by atomic mass is 10.1. The summed E-state index contributed by atoms with van der Waals surface area (Å²) >= 11 is 0. The Labute approximate surface area is 68.2 Å². The molecule has 11 heavy (non-hydrogen) atoms. The summed E-state index contributed by atoms with van der Waals surface area (Å²) in [5.74, 6) is 0.214. The van der Waals surface area contributed by atoms with Gasteiger partial charge in [-0.05, 0) is 13.8 Å². The van der Waals surface area contributed by atoms with Crippen molar-refractivity contribution in [1.82, 2.24) is 0 Å². The van der Waals surface area contributed by atoms with Gasteiger partial charge in [0.15, 0.2) is 0 Å². The van der Waals surface area contributed by atoms with Crippen LogP contribution in [-0.4, -0.2) is 19.0 Å². The Morgan fingerprint density at radius 1 is 1.55 bits per heavy atom. The van der Waals surface area contributed by atoms with E-state index in [2.05, 4.69) is 6.58 Å². The maximum absolute atomic E-state index is 11.0. The van der Waals surface area contributed by atoms with Gasteiger partial charge in [0.1, 0.15) is 5.78 Å². The Balaban J connectivity index is 3.30. The van der Waals surface area contributed by atoms with E-state index >= 15 is 0 Å². The lowest BCUT2D eigenvalue weighted by Gasteiger charge is -1.99. The minimum atomic E-state index is 0.214. The van der Waals surface area contributed by atoms with E-state index in [9.17, 15) is 4.79 Å². The van der Waals surface area contributed by atoms with E-state index in [0.717, 1.165) is 5.57 Å². The summed E-state index contributed by atoms with van der Waals surface area (Å²) in [6.07, 6.45) is 1.01. The highest BCUT2D eigenvalue weighted by molar-refractivity contribution is 5.80. The van der Waals surface area contributed by atoms with Crippen LogP contribution in [0.4, 0.5) is 0 Å². The van der Waals surface area contributed by atoms with Crippen molar-refractivity contribution in [1.29, 1.82) is 0 Å².